The molecule has 0 aromatic heterocycles. The van der Waals surface area contributed by atoms with E-state index in [1.165, 1.54) is 11.1 Å². The van der Waals surface area contributed by atoms with Crippen molar-refractivity contribution in [3.8, 4) is 23.8 Å². The average Bonchev–Trinajstić information content (AvgIpc) is 2.77. The van der Waals surface area contributed by atoms with Gasteiger partial charge >= 0.3 is 0 Å². The third kappa shape index (κ3) is 10.2. The van der Waals surface area contributed by atoms with Crippen molar-refractivity contribution in [3.05, 3.63) is 59.2 Å². The molecule has 1 aromatic rings. The van der Waals surface area contributed by atoms with Crippen molar-refractivity contribution < 1.29 is 13.6 Å². The van der Waals surface area contributed by atoms with Crippen LogP contribution in [0, 0.1) is 12.3 Å². The zero-order chi connectivity index (χ0) is 30.2. The molecule has 0 amide bonds. The number of hydrogen-bond acceptors (Lipinski definition) is 3. The highest BCUT2D eigenvalue weighted by Gasteiger charge is 2.42. The summed E-state index contributed by atoms with van der Waals surface area (Å²) in [7, 11) is -2.53. The lowest BCUT2D eigenvalue weighted by atomic mass is 9.98. The smallest absolute Gasteiger partial charge is 0.250 e. The maximum Gasteiger partial charge on any atom is 0.250 e. The van der Waals surface area contributed by atoms with Crippen LogP contribution in [0.3, 0.4) is 0 Å². The number of methoxy groups -OCH3 is 1. The Bertz CT molecular complexity index is 1070. The first-order valence-electron chi connectivity index (χ1n) is 14.2. The summed E-state index contributed by atoms with van der Waals surface area (Å²) in [5.41, 5.74) is 4.64. The second-order valence-corrected chi connectivity index (χ2v) is 23.3. The van der Waals surface area contributed by atoms with Crippen molar-refractivity contribution in [2.45, 2.75) is 123 Å². The number of allylic oxidation sites excluding steroid dienone is 4. The average molecular weight is 569 g/mol. The minimum atomic E-state index is -2.15. The van der Waals surface area contributed by atoms with Crippen LogP contribution in [0.25, 0.3) is 0 Å². The second kappa shape index (κ2) is 14.1. The quantitative estimate of drug-likeness (QED) is 0.102. The molecule has 0 aliphatic carbocycles. The maximum atomic E-state index is 7.11. The van der Waals surface area contributed by atoms with Gasteiger partial charge < -0.3 is 13.6 Å². The summed E-state index contributed by atoms with van der Waals surface area (Å²) in [5, 5.41) is 0.121. The zero-order valence-corrected chi connectivity index (χ0v) is 29.3. The van der Waals surface area contributed by atoms with E-state index in [0.717, 1.165) is 48.3 Å². The summed E-state index contributed by atoms with van der Waals surface area (Å²) in [4.78, 5) is 0. The molecule has 0 radical (unpaired) electrons. The summed E-state index contributed by atoms with van der Waals surface area (Å²) >= 11 is 0. The first-order valence-corrected chi connectivity index (χ1v) is 20.1. The van der Waals surface area contributed by atoms with Gasteiger partial charge in [0.05, 0.1) is 13.2 Å². The molecule has 0 aliphatic rings. The standard InChI is InChI=1S/C34H56O3Si2/c1-16-18-19-21-27(4)22-28-24-32(37-39(14,15)34(8,9)10)29(25-30(28)35-11)31(23-26(3)20-17-2)36-38(12,13)33(5,6)7/h1,17,21,23-25,31H,2,18-20,22H2,3-15H3/b26-23+,27-21+/t31-/m0/s1. The first-order chi connectivity index (χ1) is 17.8. The predicted molar refractivity (Wildman–Crippen MR) is 176 cm³/mol. The first kappa shape index (κ1) is 35.0. The van der Waals surface area contributed by atoms with Gasteiger partial charge in [0.25, 0.3) is 0 Å². The lowest BCUT2D eigenvalue weighted by Crippen LogP contribution is -2.44. The Kier molecular flexibility index (Phi) is 12.6. The van der Waals surface area contributed by atoms with Gasteiger partial charge in [-0.15, -0.1) is 18.9 Å². The number of benzene rings is 1. The maximum absolute atomic E-state index is 7.11. The van der Waals surface area contributed by atoms with Crippen molar-refractivity contribution >= 4 is 16.6 Å². The molecule has 0 aliphatic heterocycles. The van der Waals surface area contributed by atoms with Crippen LogP contribution in [0.5, 0.6) is 11.5 Å². The van der Waals surface area contributed by atoms with Crippen LogP contribution in [0.15, 0.2) is 48.1 Å². The largest absolute Gasteiger partial charge is 0.543 e. The molecule has 1 atom stereocenters. The molecule has 0 saturated heterocycles. The molecule has 1 aromatic carbocycles. The Morgan fingerprint density at radius 1 is 0.974 bits per heavy atom. The Balaban J connectivity index is 3.91. The summed E-state index contributed by atoms with van der Waals surface area (Å²) in [6, 6.07) is 4.36. The van der Waals surface area contributed by atoms with E-state index in [-0.39, 0.29) is 16.2 Å². The zero-order valence-electron chi connectivity index (χ0n) is 27.3. The third-order valence-electron chi connectivity index (χ3n) is 8.27. The lowest BCUT2D eigenvalue weighted by Gasteiger charge is -2.41. The molecule has 0 heterocycles. The molecule has 0 bridgehead atoms. The van der Waals surface area contributed by atoms with Crippen molar-refractivity contribution in [1.29, 1.82) is 0 Å². The van der Waals surface area contributed by atoms with Crippen LogP contribution >= 0.6 is 0 Å². The highest BCUT2D eigenvalue weighted by atomic mass is 28.4. The molecular weight excluding hydrogens is 513 g/mol. The van der Waals surface area contributed by atoms with Crippen molar-refractivity contribution in [3.63, 3.8) is 0 Å². The van der Waals surface area contributed by atoms with Gasteiger partial charge in [0.2, 0.25) is 8.32 Å². The Hall–Kier alpha value is -2.01. The van der Waals surface area contributed by atoms with Gasteiger partial charge in [0, 0.05) is 17.5 Å². The number of ether oxygens (including phenoxy) is 1. The molecule has 5 heteroatoms. The van der Waals surface area contributed by atoms with E-state index in [2.05, 4.69) is 118 Å². The van der Waals surface area contributed by atoms with Crippen LogP contribution in [0.4, 0.5) is 0 Å². The van der Waals surface area contributed by atoms with E-state index in [1.807, 2.05) is 6.08 Å². The SMILES string of the molecule is C#CCC/C=C(\C)Cc1cc(O[Si](C)(C)C(C)(C)C)c([C@H](/C=C(\C)CC=C)O[Si](C)(C)C(C)(C)C)cc1OC. The van der Waals surface area contributed by atoms with E-state index in [9.17, 15) is 0 Å². The van der Waals surface area contributed by atoms with Gasteiger partial charge in [-0.1, -0.05) is 70.9 Å². The van der Waals surface area contributed by atoms with E-state index in [0.29, 0.717) is 0 Å². The van der Waals surface area contributed by atoms with Crippen LogP contribution < -0.4 is 9.16 Å². The summed E-state index contributed by atoms with van der Waals surface area (Å²) in [6.45, 7) is 31.1. The van der Waals surface area contributed by atoms with E-state index >= 15 is 0 Å². The molecule has 1 rings (SSSR count). The predicted octanol–water partition coefficient (Wildman–Crippen LogP) is 10.6. The molecule has 0 spiro atoms. The van der Waals surface area contributed by atoms with Gasteiger partial charge in [-0.3, -0.25) is 0 Å². The van der Waals surface area contributed by atoms with Crippen LogP contribution in [0.1, 0.15) is 91.9 Å². The number of rotatable bonds is 13. The van der Waals surface area contributed by atoms with Crippen LogP contribution in [-0.2, 0) is 10.8 Å². The Labute approximate surface area is 243 Å². The van der Waals surface area contributed by atoms with Gasteiger partial charge in [0.1, 0.15) is 11.5 Å². The van der Waals surface area contributed by atoms with E-state index in [1.54, 1.807) is 7.11 Å². The Morgan fingerprint density at radius 2 is 1.56 bits per heavy atom. The number of terminal acetylenes is 1. The van der Waals surface area contributed by atoms with Gasteiger partial charge in [-0.05, 0) is 81.5 Å². The van der Waals surface area contributed by atoms with Crippen LogP contribution in [0.2, 0.25) is 36.3 Å². The van der Waals surface area contributed by atoms with Crippen molar-refractivity contribution in [2.75, 3.05) is 7.11 Å². The molecular formula is C34H56O3Si2. The van der Waals surface area contributed by atoms with Crippen LogP contribution in [-0.4, -0.2) is 23.7 Å². The van der Waals surface area contributed by atoms with Gasteiger partial charge in [-0.2, -0.15) is 0 Å². The molecule has 218 valence electrons. The fourth-order valence-electron chi connectivity index (χ4n) is 3.69. The molecule has 0 unspecified atom stereocenters. The topological polar surface area (TPSA) is 27.7 Å². The van der Waals surface area contributed by atoms with Crippen molar-refractivity contribution in [1.82, 2.24) is 0 Å². The fraction of sp³-hybridized carbons (Fsp3) is 0.588. The minimum absolute atomic E-state index is 0.0553. The molecule has 0 fully saturated rings. The highest BCUT2D eigenvalue weighted by molar-refractivity contribution is 6.75. The normalized spacial score (nSPS) is 14.6. The van der Waals surface area contributed by atoms with Crippen molar-refractivity contribution in [2.24, 2.45) is 0 Å². The lowest BCUT2D eigenvalue weighted by molar-refractivity contribution is 0.225. The molecule has 0 saturated carbocycles. The summed E-state index contributed by atoms with van der Waals surface area (Å²) < 4.78 is 20.2. The Morgan fingerprint density at radius 3 is 2.05 bits per heavy atom. The molecule has 0 N–H and O–H groups in total. The number of hydrogen-bond donors (Lipinski definition) is 0. The highest BCUT2D eigenvalue weighted by Crippen LogP contribution is 2.46. The monoisotopic (exact) mass is 568 g/mol. The van der Waals surface area contributed by atoms with Gasteiger partial charge in [0.15, 0.2) is 8.32 Å². The van der Waals surface area contributed by atoms with E-state index < -0.39 is 16.6 Å². The number of unbranched alkanes of at least 4 members (excludes halogenated alkanes) is 1. The molecule has 39 heavy (non-hydrogen) atoms. The minimum Gasteiger partial charge on any atom is -0.543 e. The van der Waals surface area contributed by atoms with E-state index in [4.69, 9.17) is 20.0 Å². The second-order valence-electron chi connectivity index (χ2n) is 13.8. The summed E-state index contributed by atoms with van der Waals surface area (Å²) in [5.74, 6) is 4.49. The third-order valence-corrected chi connectivity index (χ3v) is 17.1. The molecule has 3 nitrogen and oxygen atoms in total. The fourth-order valence-corrected chi connectivity index (χ4v) is 5.91. The van der Waals surface area contributed by atoms with Gasteiger partial charge in [-0.25, -0.2) is 0 Å². The summed E-state index contributed by atoms with van der Waals surface area (Å²) in [6.07, 6.45) is 14.9.